The van der Waals surface area contributed by atoms with Crippen LogP contribution >= 0.6 is 0 Å². The molecule has 3 amide bonds. The van der Waals surface area contributed by atoms with Crippen molar-refractivity contribution in [2.24, 2.45) is 0 Å². The number of phenolic OH excluding ortho intramolecular Hbond substituents is 1. The molecule has 3 unspecified atom stereocenters. The highest BCUT2D eigenvalue weighted by Crippen LogP contribution is 2.31. The zero-order chi connectivity index (χ0) is 35.1. The lowest BCUT2D eigenvalue weighted by atomic mass is 9.96. The van der Waals surface area contributed by atoms with Crippen molar-refractivity contribution in [1.82, 2.24) is 25.3 Å². The van der Waals surface area contributed by atoms with Gasteiger partial charge in [-0.1, -0.05) is 72.0 Å². The van der Waals surface area contributed by atoms with E-state index in [1.807, 2.05) is 61.5 Å². The summed E-state index contributed by atoms with van der Waals surface area (Å²) in [6.07, 6.45) is 10.3. The number of ether oxygens (including phenoxy) is 1. The molecule has 1 fully saturated rings. The zero-order valence-electron chi connectivity index (χ0n) is 28.8. The SMILES string of the molecule is Cc1ccc(O)c(-c2[nH]ncc2C#CCC2=CCC(NC(=O)C3CCCCN3C(=O)C(c3ccccc3)N(C)C(=O)OC(C)(C)C)C=C2)c1. The highest BCUT2D eigenvalue weighted by atomic mass is 16.6. The van der Waals surface area contributed by atoms with Crippen molar-refractivity contribution >= 4 is 17.9 Å². The fraction of sp³-hybridized carbons (Fsp3) is 0.385. The number of hydrogen-bond acceptors (Lipinski definition) is 6. The number of amides is 3. The predicted molar refractivity (Wildman–Crippen MR) is 188 cm³/mol. The maximum Gasteiger partial charge on any atom is 0.410 e. The second-order valence-electron chi connectivity index (χ2n) is 13.6. The van der Waals surface area contributed by atoms with Crippen LogP contribution in [0.3, 0.4) is 0 Å². The van der Waals surface area contributed by atoms with Crippen LogP contribution in [0.1, 0.15) is 75.6 Å². The molecule has 10 heteroatoms. The fourth-order valence-corrected chi connectivity index (χ4v) is 6.09. The third-order valence-corrected chi connectivity index (χ3v) is 8.59. The van der Waals surface area contributed by atoms with Gasteiger partial charge in [0.2, 0.25) is 5.91 Å². The number of likely N-dealkylation sites (N-methyl/N-ethyl adjacent to an activating group) is 1. The number of aromatic hydroxyl groups is 1. The van der Waals surface area contributed by atoms with Gasteiger partial charge < -0.3 is 20.1 Å². The smallest absolute Gasteiger partial charge is 0.410 e. The Morgan fingerprint density at radius 1 is 1.16 bits per heavy atom. The van der Waals surface area contributed by atoms with E-state index < -0.39 is 23.8 Å². The first-order valence-corrected chi connectivity index (χ1v) is 16.7. The number of nitrogens with one attached hydrogen (secondary N) is 2. The Morgan fingerprint density at radius 3 is 2.65 bits per heavy atom. The molecule has 3 atom stereocenters. The van der Waals surface area contributed by atoms with E-state index in [-0.39, 0.29) is 23.6 Å². The van der Waals surface area contributed by atoms with Crippen molar-refractivity contribution in [3.63, 3.8) is 0 Å². The van der Waals surface area contributed by atoms with Crippen LogP contribution in [0, 0.1) is 18.8 Å². The van der Waals surface area contributed by atoms with Gasteiger partial charge in [-0.05, 0) is 76.6 Å². The third kappa shape index (κ3) is 8.79. The van der Waals surface area contributed by atoms with Gasteiger partial charge in [-0.15, -0.1) is 0 Å². The summed E-state index contributed by atoms with van der Waals surface area (Å²) >= 11 is 0. The summed E-state index contributed by atoms with van der Waals surface area (Å²) < 4.78 is 5.60. The van der Waals surface area contributed by atoms with E-state index in [2.05, 4.69) is 33.4 Å². The monoisotopic (exact) mass is 663 g/mol. The molecule has 256 valence electrons. The maximum atomic E-state index is 14.2. The van der Waals surface area contributed by atoms with Crippen LogP contribution in [0.4, 0.5) is 4.79 Å². The van der Waals surface area contributed by atoms with Crippen LogP contribution < -0.4 is 5.32 Å². The van der Waals surface area contributed by atoms with Crippen LogP contribution in [-0.4, -0.2) is 74.3 Å². The number of aromatic amines is 1. The molecular formula is C39H45N5O5. The van der Waals surface area contributed by atoms with Gasteiger partial charge in [0.25, 0.3) is 5.91 Å². The Morgan fingerprint density at radius 2 is 1.94 bits per heavy atom. The van der Waals surface area contributed by atoms with Gasteiger partial charge in [-0.25, -0.2) is 4.79 Å². The normalized spacial score (nSPS) is 18.1. The Labute approximate surface area is 288 Å². The van der Waals surface area contributed by atoms with Crippen LogP contribution in [0.15, 0.2) is 78.5 Å². The Hall–Kier alpha value is -5.30. The minimum absolute atomic E-state index is 0.161. The molecule has 0 bridgehead atoms. The number of nitrogens with zero attached hydrogens (tertiary/aromatic N) is 3. The maximum absolute atomic E-state index is 14.2. The molecule has 1 aliphatic heterocycles. The highest BCUT2D eigenvalue weighted by Gasteiger charge is 2.40. The van der Waals surface area contributed by atoms with E-state index in [4.69, 9.17) is 4.74 Å². The van der Waals surface area contributed by atoms with Gasteiger partial charge in [-0.3, -0.25) is 19.6 Å². The molecule has 2 heterocycles. The summed E-state index contributed by atoms with van der Waals surface area (Å²) in [5.41, 5.74) is 4.00. The largest absolute Gasteiger partial charge is 0.507 e. The summed E-state index contributed by atoms with van der Waals surface area (Å²) in [5, 5.41) is 20.5. The average Bonchev–Trinajstić information content (AvgIpc) is 3.54. The number of carbonyl (C=O) groups excluding carboxylic acids is 3. The molecule has 0 saturated carbocycles. The second kappa shape index (κ2) is 15.3. The molecule has 5 rings (SSSR count). The van der Waals surface area contributed by atoms with Crippen molar-refractivity contribution in [2.75, 3.05) is 13.6 Å². The van der Waals surface area contributed by atoms with Crippen molar-refractivity contribution < 1.29 is 24.2 Å². The first kappa shape index (κ1) is 35.0. The van der Waals surface area contributed by atoms with Gasteiger partial charge in [0.05, 0.1) is 23.5 Å². The van der Waals surface area contributed by atoms with E-state index in [1.54, 1.807) is 45.0 Å². The molecule has 10 nitrogen and oxygen atoms in total. The van der Waals surface area contributed by atoms with Gasteiger partial charge >= 0.3 is 6.09 Å². The molecule has 3 N–H and O–H groups in total. The number of likely N-dealkylation sites (tertiary alicyclic amines) is 1. The lowest BCUT2D eigenvalue weighted by Crippen LogP contribution is -2.56. The van der Waals surface area contributed by atoms with E-state index in [0.717, 1.165) is 24.0 Å². The second-order valence-corrected chi connectivity index (χ2v) is 13.6. The lowest BCUT2D eigenvalue weighted by Gasteiger charge is -2.39. The average molecular weight is 664 g/mol. The summed E-state index contributed by atoms with van der Waals surface area (Å²) in [7, 11) is 1.56. The van der Waals surface area contributed by atoms with E-state index in [9.17, 15) is 19.5 Å². The first-order valence-electron chi connectivity index (χ1n) is 16.7. The number of carbonyl (C=O) groups is 3. The number of allylic oxidation sites excluding steroid dienone is 2. The van der Waals surface area contributed by atoms with Crippen molar-refractivity contribution in [3.8, 4) is 28.8 Å². The zero-order valence-corrected chi connectivity index (χ0v) is 28.8. The summed E-state index contributed by atoms with van der Waals surface area (Å²) in [5.74, 6) is 6.01. The predicted octanol–water partition coefficient (Wildman–Crippen LogP) is 6.19. The van der Waals surface area contributed by atoms with Crippen LogP contribution in [0.2, 0.25) is 0 Å². The van der Waals surface area contributed by atoms with Gasteiger partial charge in [-0.2, -0.15) is 5.10 Å². The quantitative estimate of drug-likeness (QED) is 0.259. The lowest BCUT2D eigenvalue weighted by molar-refractivity contribution is -0.146. The van der Waals surface area contributed by atoms with Crippen LogP contribution in [-0.2, 0) is 14.3 Å². The number of piperidine rings is 1. The number of phenols is 1. The molecule has 0 spiro atoms. The Bertz CT molecular complexity index is 1790. The Kier molecular flexibility index (Phi) is 10.9. The molecule has 49 heavy (non-hydrogen) atoms. The van der Waals surface area contributed by atoms with Crippen molar-refractivity contribution in [3.05, 3.63) is 95.2 Å². The van der Waals surface area contributed by atoms with Gasteiger partial charge in [0, 0.05) is 25.6 Å². The molecule has 1 aliphatic carbocycles. The highest BCUT2D eigenvalue weighted by molar-refractivity contribution is 5.92. The molecule has 2 aliphatic rings. The molecule has 0 radical (unpaired) electrons. The molecule has 1 aromatic heterocycles. The molecule has 3 aromatic rings. The van der Waals surface area contributed by atoms with Crippen LogP contribution in [0.25, 0.3) is 11.3 Å². The third-order valence-electron chi connectivity index (χ3n) is 8.59. The minimum atomic E-state index is -0.939. The molecule has 2 aromatic carbocycles. The topological polar surface area (TPSA) is 128 Å². The summed E-state index contributed by atoms with van der Waals surface area (Å²) in [6.45, 7) is 7.73. The summed E-state index contributed by atoms with van der Waals surface area (Å²) in [4.78, 5) is 44.0. The summed E-state index contributed by atoms with van der Waals surface area (Å²) in [6, 6.07) is 12.7. The number of aryl methyl sites for hydroxylation is 1. The van der Waals surface area contributed by atoms with Gasteiger partial charge in [0.1, 0.15) is 23.4 Å². The van der Waals surface area contributed by atoms with Gasteiger partial charge in [0.15, 0.2) is 0 Å². The molecule has 1 saturated heterocycles. The number of benzene rings is 2. The van der Waals surface area contributed by atoms with E-state index in [0.29, 0.717) is 48.2 Å². The Balaban J connectivity index is 1.23. The molecular weight excluding hydrogens is 618 g/mol. The van der Waals surface area contributed by atoms with E-state index in [1.165, 1.54) is 4.90 Å². The van der Waals surface area contributed by atoms with Crippen molar-refractivity contribution in [2.45, 2.75) is 83.5 Å². The number of hydrogen-bond donors (Lipinski definition) is 3. The minimum Gasteiger partial charge on any atom is -0.507 e. The fourth-order valence-electron chi connectivity index (χ4n) is 6.09. The number of H-pyrrole nitrogens is 1. The number of aromatic nitrogens is 2. The number of rotatable bonds is 7. The first-order chi connectivity index (χ1) is 23.4. The van der Waals surface area contributed by atoms with Crippen LogP contribution in [0.5, 0.6) is 5.75 Å². The standard InChI is InChI=1S/C39H45N5O5/c1-26-17-22-33(45)31(24-26)34-29(25-40-42-34)15-11-12-27-18-20-30(21-19-27)41-36(46)32-16-9-10-23-44(32)37(47)35(28-13-7-6-8-14-28)43(5)38(48)49-39(2,3)4/h6-8,13-14,17-20,22,24-25,30,32,35,45H,9-10,12,16,21,23H2,1-5H3,(H,40,42)(H,41,46). The van der Waals surface area contributed by atoms with Crippen molar-refractivity contribution in [1.29, 1.82) is 0 Å². The van der Waals surface area contributed by atoms with E-state index >= 15 is 0 Å².